The number of halogens is 3. The van der Waals surface area contributed by atoms with E-state index in [2.05, 4.69) is 0 Å². The fraction of sp³-hybridized carbons (Fsp3) is 1.00. The van der Waals surface area contributed by atoms with E-state index in [1.807, 2.05) is 0 Å². The van der Waals surface area contributed by atoms with E-state index >= 15 is 0 Å². The van der Waals surface area contributed by atoms with Gasteiger partial charge in [-0.15, -0.1) is 0 Å². The second-order valence-electron chi connectivity index (χ2n) is 3.83. The molecule has 3 N–H and O–H groups in total. The van der Waals surface area contributed by atoms with Crippen LogP contribution in [0.5, 0.6) is 0 Å². The second-order valence-corrected chi connectivity index (χ2v) is 3.83. The summed E-state index contributed by atoms with van der Waals surface area (Å²) in [5.74, 6) is 4.85. The van der Waals surface area contributed by atoms with Crippen molar-refractivity contribution in [1.82, 2.24) is 5.43 Å². The van der Waals surface area contributed by atoms with Crippen LogP contribution in [0.1, 0.15) is 32.1 Å². The van der Waals surface area contributed by atoms with Crippen LogP contribution in [-0.4, -0.2) is 24.9 Å². The Morgan fingerprint density at radius 3 is 2.67 bits per heavy atom. The van der Waals surface area contributed by atoms with Gasteiger partial charge in [0.05, 0.1) is 6.10 Å². The molecular weight excluding hydrogens is 209 g/mol. The highest BCUT2D eigenvalue weighted by Crippen LogP contribution is 2.25. The zero-order valence-electron chi connectivity index (χ0n) is 8.52. The lowest BCUT2D eigenvalue weighted by molar-refractivity contribution is -0.157. The minimum Gasteiger partial charge on any atom is -0.378 e. The Balaban J connectivity index is 2.16. The molecule has 0 amide bonds. The molecule has 1 aliphatic heterocycles. The van der Waals surface area contributed by atoms with Crippen LogP contribution in [0.25, 0.3) is 0 Å². The third-order valence-electron chi connectivity index (χ3n) is 2.64. The molecule has 90 valence electrons. The van der Waals surface area contributed by atoms with Crippen LogP contribution < -0.4 is 11.3 Å². The number of hydrogen-bond acceptors (Lipinski definition) is 3. The lowest BCUT2D eigenvalue weighted by Gasteiger charge is -2.19. The summed E-state index contributed by atoms with van der Waals surface area (Å²) in [5.41, 5.74) is 1.80. The van der Waals surface area contributed by atoms with Gasteiger partial charge in [0.15, 0.2) is 0 Å². The first-order valence-electron chi connectivity index (χ1n) is 5.18. The first-order valence-corrected chi connectivity index (χ1v) is 5.18. The van der Waals surface area contributed by atoms with Crippen LogP contribution in [-0.2, 0) is 4.74 Å². The van der Waals surface area contributed by atoms with Crippen molar-refractivity contribution in [3.05, 3.63) is 0 Å². The molecule has 0 radical (unpaired) electrons. The van der Waals surface area contributed by atoms with Gasteiger partial charge in [-0.1, -0.05) is 0 Å². The highest BCUT2D eigenvalue weighted by molar-refractivity contribution is 4.74. The molecule has 3 nitrogen and oxygen atoms in total. The SMILES string of the molecule is NNC(CCCC1CCCO1)C(F)(F)F. The molecule has 2 atom stereocenters. The quantitative estimate of drug-likeness (QED) is 0.554. The van der Waals surface area contributed by atoms with Gasteiger partial charge < -0.3 is 4.74 Å². The minimum atomic E-state index is -4.26. The monoisotopic (exact) mass is 226 g/mol. The number of rotatable bonds is 5. The summed E-state index contributed by atoms with van der Waals surface area (Å²) >= 11 is 0. The summed E-state index contributed by atoms with van der Waals surface area (Å²) in [4.78, 5) is 0. The van der Waals surface area contributed by atoms with Gasteiger partial charge in [0, 0.05) is 6.61 Å². The maximum Gasteiger partial charge on any atom is 0.405 e. The summed E-state index contributed by atoms with van der Waals surface area (Å²) in [7, 11) is 0. The number of nitrogens with one attached hydrogen (secondary N) is 1. The summed E-state index contributed by atoms with van der Waals surface area (Å²) < 4.78 is 42.1. The Hall–Kier alpha value is -0.330. The lowest BCUT2D eigenvalue weighted by atomic mass is 10.1. The molecule has 1 heterocycles. The maximum atomic E-state index is 12.2. The van der Waals surface area contributed by atoms with E-state index < -0.39 is 12.2 Å². The Kier molecular flexibility index (Phi) is 4.82. The van der Waals surface area contributed by atoms with E-state index in [0.717, 1.165) is 19.4 Å². The third kappa shape index (κ3) is 4.36. The average Bonchev–Trinajstić information content (AvgIpc) is 2.62. The van der Waals surface area contributed by atoms with Gasteiger partial charge in [-0.25, -0.2) is 5.43 Å². The number of alkyl halides is 3. The molecule has 1 saturated heterocycles. The lowest BCUT2D eigenvalue weighted by Crippen LogP contribution is -2.46. The van der Waals surface area contributed by atoms with Crippen LogP contribution >= 0.6 is 0 Å². The molecule has 0 aromatic carbocycles. The summed E-state index contributed by atoms with van der Waals surface area (Å²) in [6.45, 7) is 0.739. The molecule has 0 bridgehead atoms. The summed E-state index contributed by atoms with van der Waals surface area (Å²) in [6, 6.07) is -1.60. The van der Waals surface area contributed by atoms with E-state index in [9.17, 15) is 13.2 Å². The number of ether oxygens (including phenoxy) is 1. The number of hydrogen-bond donors (Lipinski definition) is 2. The van der Waals surface area contributed by atoms with E-state index in [4.69, 9.17) is 10.6 Å². The summed E-state index contributed by atoms with van der Waals surface area (Å²) in [6.07, 6.45) is -0.940. The molecule has 2 unspecified atom stereocenters. The zero-order valence-corrected chi connectivity index (χ0v) is 8.52. The minimum absolute atomic E-state index is 0.0137. The third-order valence-corrected chi connectivity index (χ3v) is 2.64. The van der Waals surface area contributed by atoms with Crippen molar-refractivity contribution in [2.75, 3.05) is 6.61 Å². The van der Waals surface area contributed by atoms with Gasteiger partial charge in [-0.05, 0) is 32.1 Å². The van der Waals surface area contributed by atoms with Crippen molar-refractivity contribution < 1.29 is 17.9 Å². The van der Waals surface area contributed by atoms with Crippen molar-refractivity contribution in [3.8, 4) is 0 Å². The molecule has 0 spiro atoms. The van der Waals surface area contributed by atoms with Crippen molar-refractivity contribution in [1.29, 1.82) is 0 Å². The standard InChI is InChI=1S/C9H17F3N2O/c10-9(11,12)8(14-13)5-1-3-7-4-2-6-15-7/h7-8,14H,1-6,13H2. The molecule has 0 aromatic heterocycles. The van der Waals surface area contributed by atoms with Crippen molar-refractivity contribution in [3.63, 3.8) is 0 Å². The smallest absolute Gasteiger partial charge is 0.378 e. The molecule has 1 rings (SSSR count). The fourth-order valence-electron chi connectivity index (χ4n) is 1.76. The van der Waals surface area contributed by atoms with Gasteiger partial charge in [0.1, 0.15) is 6.04 Å². The van der Waals surface area contributed by atoms with Crippen LogP contribution in [0.3, 0.4) is 0 Å². The Bertz CT molecular complexity index is 181. The molecule has 1 aliphatic rings. The first-order chi connectivity index (χ1) is 7.04. The largest absolute Gasteiger partial charge is 0.405 e. The van der Waals surface area contributed by atoms with Crippen molar-refractivity contribution >= 4 is 0 Å². The summed E-state index contributed by atoms with van der Waals surface area (Å²) in [5, 5.41) is 0. The van der Waals surface area contributed by atoms with Crippen LogP contribution in [0, 0.1) is 0 Å². The highest BCUT2D eigenvalue weighted by Gasteiger charge is 2.38. The maximum absolute atomic E-state index is 12.2. The van der Waals surface area contributed by atoms with Gasteiger partial charge in [-0.2, -0.15) is 13.2 Å². The average molecular weight is 226 g/mol. The molecular formula is C9H17F3N2O. The predicted octanol–water partition coefficient (Wildman–Crippen LogP) is 1.73. The Morgan fingerprint density at radius 2 is 2.20 bits per heavy atom. The topological polar surface area (TPSA) is 47.3 Å². The van der Waals surface area contributed by atoms with E-state index in [1.54, 1.807) is 5.43 Å². The predicted molar refractivity (Wildman–Crippen MR) is 50.0 cm³/mol. The normalized spacial score (nSPS) is 24.4. The van der Waals surface area contributed by atoms with E-state index in [1.165, 1.54) is 0 Å². The molecule has 0 saturated carbocycles. The fourth-order valence-corrected chi connectivity index (χ4v) is 1.76. The van der Waals surface area contributed by atoms with Gasteiger partial charge in [0.2, 0.25) is 0 Å². The molecule has 0 aliphatic carbocycles. The molecule has 6 heteroatoms. The van der Waals surface area contributed by atoms with Crippen molar-refractivity contribution in [2.24, 2.45) is 5.84 Å². The second kappa shape index (κ2) is 5.67. The molecule has 1 fully saturated rings. The van der Waals surface area contributed by atoms with Gasteiger partial charge in [-0.3, -0.25) is 5.84 Å². The molecule has 0 aromatic rings. The first kappa shape index (κ1) is 12.7. The van der Waals surface area contributed by atoms with E-state index in [0.29, 0.717) is 12.8 Å². The van der Waals surface area contributed by atoms with Crippen LogP contribution in [0.2, 0.25) is 0 Å². The highest BCUT2D eigenvalue weighted by atomic mass is 19.4. The van der Waals surface area contributed by atoms with Gasteiger partial charge >= 0.3 is 6.18 Å². The number of hydrazine groups is 1. The number of nitrogens with two attached hydrogens (primary N) is 1. The molecule has 15 heavy (non-hydrogen) atoms. The Morgan fingerprint density at radius 1 is 1.47 bits per heavy atom. The van der Waals surface area contributed by atoms with Crippen LogP contribution in [0.15, 0.2) is 0 Å². The van der Waals surface area contributed by atoms with Gasteiger partial charge in [0.25, 0.3) is 0 Å². The van der Waals surface area contributed by atoms with E-state index in [-0.39, 0.29) is 12.5 Å². The zero-order chi connectivity index (χ0) is 11.3. The van der Waals surface area contributed by atoms with Crippen LogP contribution in [0.4, 0.5) is 13.2 Å². The van der Waals surface area contributed by atoms with Crippen molar-refractivity contribution in [2.45, 2.75) is 50.4 Å². The Labute approximate surface area is 87.1 Å².